The average Bonchev–Trinajstić information content (AvgIpc) is 3.57. The van der Waals surface area contributed by atoms with Gasteiger partial charge in [0.05, 0.1) is 11.8 Å². The zero-order valence-electron chi connectivity index (χ0n) is 33.5. The number of aromatic nitrogens is 2. The fourth-order valence-corrected chi connectivity index (χ4v) is 10.2. The Balaban J connectivity index is 0.971. The molecule has 6 rings (SSSR count). The summed E-state index contributed by atoms with van der Waals surface area (Å²) in [6.45, 7) is 19.4. The maximum Gasteiger partial charge on any atom is 0.407 e. The zero-order valence-corrected chi connectivity index (χ0v) is 34.3. The second kappa shape index (κ2) is 16.5. The van der Waals surface area contributed by atoms with Crippen LogP contribution in [0.2, 0.25) is 0 Å². The van der Waals surface area contributed by atoms with Crippen molar-refractivity contribution < 1.29 is 31.9 Å². The molecule has 4 aliphatic heterocycles. The number of ether oxygens (including phenoxy) is 2. The highest BCUT2D eigenvalue weighted by Crippen LogP contribution is 2.45. The van der Waals surface area contributed by atoms with Gasteiger partial charge in [0.15, 0.2) is 11.6 Å². The van der Waals surface area contributed by atoms with Crippen LogP contribution < -0.4 is 15.0 Å². The van der Waals surface area contributed by atoms with E-state index >= 15 is 0 Å². The molecule has 1 aromatic carbocycles. The van der Waals surface area contributed by atoms with Gasteiger partial charge in [0, 0.05) is 69.4 Å². The molecule has 304 valence electrons. The number of halogens is 1. The number of piperidine rings is 2. The van der Waals surface area contributed by atoms with Crippen LogP contribution in [0.4, 0.5) is 15.0 Å². The van der Waals surface area contributed by atoms with Crippen molar-refractivity contribution in [3.8, 4) is 11.5 Å². The molecule has 0 radical (unpaired) electrons. The van der Waals surface area contributed by atoms with Crippen molar-refractivity contribution in [2.75, 3.05) is 63.8 Å². The molecule has 4 aliphatic rings. The first kappa shape index (κ1) is 41.0. The summed E-state index contributed by atoms with van der Waals surface area (Å²) in [5, 5.41) is 2.82. The molecule has 16 heteroatoms. The van der Waals surface area contributed by atoms with Gasteiger partial charge in [-0.15, -0.1) is 0 Å². The minimum Gasteiger partial charge on any atom is -0.451 e. The van der Waals surface area contributed by atoms with Crippen LogP contribution in [-0.2, 0) is 14.9 Å². The van der Waals surface area contributed by atoms with Gasteiger partial charge in [-0.1, -0.05) is 0 Å². The summed E-state index contributed by atoms with van der Waals surface area (Å²) >= 11 is 0. The largest absolute Gasteiger partial charge is 0.451 e. The molecule has 2 amide bonds. The summed E-state index contributed by atoms with van der Waals surface area (Å²) in [6, 6.07) is 3.60. The first-order valence-electron chi connectivity index (χ1n) is 19.8. The molecule has 1 spiro atoms. The van der Waals surface area contributed by atoms with Gasteiger partial charge in [-0.25, -0.2) is 19.2 Å². The van der Waals surface area contributed by atoms with Crippen LogP contribution in [0, 0.1) is 17.2 Å². The second-order valence-electron chi connectivity index (χ2n) is 17.3. The SMILES string of the molecule is CC(C)N(C(=O)c1cc(F)ccc1Oc1cncnc1N1CC2(CCN(CC3CCN(S(=O)(=O)N4CC[C@@H](NC(=O)OC(C)(C)C)C4)CC3)CC2)C1)C(C)C. The Kier molecular flexibility index (Phi) is 12.3. The van der Waals surface area contributed by atoms with E-state index in [0.29, 0.717) is 43.5 Å². The highest BCUT2D eigenvalue weighted by Gasteiger charge is 2.46. The average molecular weight is 787 g/mol. The molecular formula is C39H59FN8O6S. The molecule has 0 bridgehead atoms. The number of benzene rings is 1. The van der Waals surface area contributed by atoms with Gasteiger partial charge in [0.1, 0.15) is 23.5 Å². The Bertz CT molecular complexity index is 1770. The Morgan fingerprint density at radius 2 is 1.64 bits per heavy atom. The Morgan fingerprint density at radius 1 is 0.982 bits per heavy atom. The molecule has 1 aromatic heterocycles. The first-order chi connectivity index (χ1) is 25.9. The molecule has 1 N–H and O–H groups in total. The van der Waals surface area contributed by atoms with E-state index in [1.54, 1.807) is 36.2 Å². The fraction of sp³-hybridized carbons (Fsp3) is 0.692. The van der Waals surface area contributed by atoms with Gasteiger partial charge >= 0.3 is 6.09 Å². The summed E-state index contributed by atoms with van der Waals surface area (Å²) in [7, 11) is -3.59. The molecule has 14 nitrogen and oxygen atoms in total. The van der Waals surface area contributed by atoms with Crippen LogP contribution in [0.1, 0.15) is 90.9 Å². The number of likely N-dealkylation sites (tertiary alicyclic amines) is 1. The summed E-state index contributed by atoms with van der Waals surface area (Å²) in [5.41, 5.74) is -0.278. The van der Waals surface area contributed by atoms with E-state index < -0.39 is 27.7 Å². The number of anilines is 1. The lowest BCUT2D eigenvalue weighted by atomic mass is 9.72. The number of carbonyl (C=O) groups excluding carboxylic acids is 2. The molecule has 0 aliphatic carbocycles. The van der Waals surface area contributed by atoms with Crippen molar-refractivity contribution in [2.45, 2.75) is 104 Å². The number of nitrogens with zero attached hydrogens (tertiary/aromatic N) is 7. The van der Waals surface area contributed by atoms with Crippen LogP contribution in [-0.4, -0.2) is 131 Å². The van der Waals surface area contributed by atoms with E-state index in [1.807, 2.05) is 27.7 Å². The number of hydrogen-bond acceptors (Lipinski definition) is 10. The topological polar surface area (TPSA) is 141 Å². The van der Waals surface area contributed by atoms with Crippen molar-refractivity contribution in [2.24, 2.45) is 11.3 Å². The van der Waals surface area contributed by atoms with E-state index in [2.05, 4.69) is 25.1 Å². The van der Waals surface area contributed by atoms with E-state index in [4.69, 9.17) is 9.47 Å². The van der Waals surface area contributed by atoms with Crippen LogP contribution >= 0.6 is 0 Å². The van der Waals surface area contributed by atoms with Crippen molar-refractivity contribution in [1.82, 2.24) is 33.7 Å². The second-order valence-corrected chi connectivity index (χ2v) is 19.3. The third-order valence-electron chi connectivity index (χ3n) is 11.3. The molecule has 4 saturated heterocycles. The lowest BCUT2D eigenvalue weighted by molar-refractivity contribution is 0.0506. The van der Waals surface area contributed by atoms with Crippen molar-refractivity contribution >= 4 is 28.0 Å². The van der Waals surface area contributed by atoms with Crippen molar-refractivity contribution in [3.05, 3.63) is 42.1 Å². The fourth-order valence-electron chi connectivity index (χ4n) is 8.52. The maximum atomic E-state index is 14.4. The molecule has 2 aromatic rings. The number of amides is 2. The standard InChI is InChI=1S/C39H59FN8O6S/c1-27(2)48(28(3)4)36(49)32-20-30(40)8-9-33(32)53-34-21-41-26-42-35(34)45-24-39(25-45)13-18-44(19-14-39)22-29-10-15-46(16-11-29)55(51,52)47-17-12-31(23-47)43-37(50)54-38(5,6)7/h8-9,20-21,26-29,31H,10-19,22-25H2,1-7H3,(H,43,50)/t31-/m1/s1. The molecule has 0 unspecified atom stereocenters. The van der Waals surface area contributed by atoms with Crippen LogP contribution in [0.25, 0.3) is 0 Å². The normalized spacial score (nSPS) is 21.6. The van der Waals surface area contributed by atoms with E-state index in [-0.39, 0.29) is 47.3 Å². The Hall–Kier alpha value is -3.60. The van der Waals surface area contributed by atoms with Crippen LogP contribution in [0.3, 0.4) is 0 Å². The molecule has 0 saturated carbocycles. The lowest BCUT2D eigenvalue weighted by Crippen LogP contribution is -2.61. The number of nitrogens with one attached hydrogen (secondary N) is 1. The molecule has 55 heavy (non-hydrogen) atoms. The van der Waals surface area contributed by atoms with Gasteiger partial charge in [0.2, 0.25) is 0 Å². The van der Waals surface area contributed by atoms with E-state index in [0.717, 1.165) is 58.4 Å². The minimum absolute atomic E-state index is 0.0770. The van der Waals surface area contributed by atoms with E-state index in [1.165, 1.54) is 28.8 Å². The van der Waals surface area contributed by atoms with Crippen molar-refractivity contribution in [1.29, 1.82) is 0 Å². The summed E-state index contributed by atoms with van der Waals surface area (Å²) in [5.74, 6) is 0.973. The van der Waals surface area contributed by atoms with Crippen molar-refractivity contribution in [3.63, 3.8) is 0 Å². The molecule has 5 heterocycles. The third kappa shape index (κ3) is 9.69. The van der Waals surface area contributed by atoms with Gasteiger partial charge in [0.25, 0.3) is 16.1 Å². The number of carbonyl (C=O) groups is 2. The summed E-state index contributed by atoms with van der Waals surface area (Å²) in [6.07, 6.45) is 6.90. The van der Waals surface area contributed by atoms with Gasteiger partial charge < -0.3 is 29.5 Å². The number of alkyl carbamates (subject to hydrolysis) is 1. The predicted octanol–water partition coefficient (Wildman–Crippen LogP) is 5.13. The predicted molar refractivity (Wildman–Crippen MR) is 208 cm³/mol. The van der Waals surface area contributed by atoms with Crippen LogP contribution in [0.15, 0.2) is 30.7 Å². The minimum atomic E-state index is -3.59. The molecule has 4 fully saturated rings. The summed E-state index contributed by atoms with van der Waals surface area (Å²) < 4.78 is 56.1. The summed E-state index contributed by atoms with van der Waals surface area (Å²) in [4.78, 5) is 41.0. The zero-order chi connectivity index (χ0) is 39.7. The third-order valence-corrected chi connectivity index (χ3v) is 13.3. The number of rotatable bonds is 11. The number of hydrogen-bond donors (Lipinski definition) is 1. The highest BCUT2D eigenvalue weighted by molar-refractivity contribution is 7.86. The maximum absolute atomic E-state index is 14.4. The first-order valence-corrected chi connectivity index (χ1v) is 21.1. The van der Waals surface area contributed by atoms with Crippen LogP contribution in [0.5, 0.6) is 11.5 Å². The van der Waals surface area contributed by atoms with Gasteiger partial charge in [-0.05, 0) is 118 Å². The van der Waals surface area contributed by atoms with E-state index in [9.17, 15) is 22.4 Å². The Labute approximate surface area is 325 Å². The molecule has 1 atom stereocenters. The smallest absolute Gasteiger partial charge is 0.407 e. The quantitative estimate of drug-likeness (QED) is 0.326. The monoisotopic (exact) mass is 786 g/mol. The van der Waals surface area contributed by atoms with Gasteiger partial charge in [-0.3, -0.25) is 4.79 Å². The highest BCUT2D eigenvalue weighted by atomic mass is 32.2. The molecular weight excluding hydrogens is 728 g/mol. The lowest BCUT2D eigenvalue weighted by Gasteiger charge is -2.54. The van der Waals surface area contributed by atoms with Gasteiger partial charge in [-0.2, -0.15) is 17.0 Å². The Morgan fingerprint density at radius 3 is 2.27 bits per heavy atom.